The summed E-state index contributed by atoms with van der Waals surface area (Å²) in [6.45, 7) is 3.47. The summed E-state index contributed by atoms with van der Waals surface area (Å²) in [6, 6.07) is 6.74. The lowest BCUT2D eigenvalue weighted by atomic mass is 10.1. The Balaban J connectivity index is 2.59. The second kappa shape index (κ2) is 3.78. The molecule has 0 spiro atoms. The molecule has 0 saturated carbocycles. The molecule has 0 saturated heterocycles. The van der Waals surface area contributed by atoms with Crippen LogP contribution < -0.4 is 0 Å². The SMILES string of the molecule is Cc1nc(C#N)c(-c2ccc(F)c(C)c2)[nH]1. The van der Waals surface area contributed by atoms with Gasteiger partial charge in [0.25, 0.3) is 0 Å². The molecule has 4 heteroatoms. The Kier molecular flexibility index (Phi) is 2.45. The highest BCUT2D eigenvalue weighted by Gasteiger charge is 2.10. The molecule has 0 atom stereocenters. The summed E-state index contributed by atoms with van der Waals surface area (Å²) in [6.07, 6.45) is 0. The van der Waals surface area contributed by atoms with Crippen molar-refractivity contribution in [3.05, 3.63) is 41.1 Å². The summed E-state index contributed by atoms with van der Waals surface area (Å²) in [5.74, 6) is 0.423. The molecule has 0 amide bonds. The van der Waals surface area contributed by atoms with Crippen LogP contribution in [0.1, 0.15) is 17.1 Å². The smallest absolute Gasteiger partial charge is 0.166 e. The third-order valence-electron chi connectivity index (χ3n) is 2.37. The molecule has 3 nitrogen and oxygen atoms in total. The number of nitrogens with zero attached hydrogens (tertiary/aromatic N) is 2. The fourth-order valence-corrected chi connectivity index (χ4v) is 1.58. The number of aryl methyl sites for hydroxylation is 2. The van der Waals surface area contributed by atoms with E-state index in [1.807, 2.05) is 6.07 Å². The normalized spacial score (nSPS) is 10.1. The first-order valence-corrected chi connectivity index (χ1v) is 4.85. The van der Waals surface area contributed by atoms with Crippen molar-refractivity contribution >= 4 is 0 Å². The molecule has 1 heterocycles. The Morgan fingerprint density at radius 2 is 2.12 bits per heavy atom. The molecule has 0 aliphatic rings. The van der Waals surface area contributed by atoms with Crippen molar-refractivity contribution in [2.45, 2.75) is 13.8 Å². The van der Waals surface area contributed by atoms with Gasteiger partial charge in [-0.3, -0.25) is 0 Å². The lowest BCUT2D eigenvalue weighted by Crippen LogP contribution is -1.86. The predicted octanol–water partition coefficient (Wildman–Crippen LogP) is 2.70. The highest BCUT2D eigenvalue weighted by atomic mass is 19.1. The summed E-state index contributed by atoms with van der Waals surface area (Å²) in [4.78, 5) is 7.05. The van der Waals surface area contributed by atoms with Gasteiger partial charge >= 0.3 is 0 Å². The van der Waals surface area contributed by atoms with Gasteiger partial charge in [-0.25, -0.2) is 9.37 Å². The van der Waals surface area contributed by atoms with Crippen molar-refractivity contribution in [3.63, 3.8) is 0 Å². The number of nitrogens with one attached hydrogen (secondary N) is 1. The summed E-state index contributed by atoms with van der Waals surface area (Å²) in [7, 11) is 0. The van der Waals surface area contributed by atoms with E-state index in [2.05, 4.69) is 9.97 Å². The Morgan fingerprint density at radius 1 is 1.38 bits per heavy atom. The maximum absolute atomic E-state index is 13.1. The molecule has 0 unspecified atom stereocenters. The third-order valence-corrected chi connectivity index (χ3v) is 2.37. The van der Waals surface area contributed by atoms with Gasteiger partial charge in [-0.1, -0.05) is 0 Å². The molecule has 0 radical (unpaired) electrons. The van der Waals surface area contributed by atoms with Crippen LogP contribution in [0.4, 0.5) is 4.39 Å². The first kappa shape index (κ1) is 10.4. The number of halogens is 1. The molecule has 1 aromatic carbocycles. The Hall–Kier alpha value is -2.15. The number of imidazole rings is 1. The highest BCUT2D eigenvalue weighted by molar-refractivity contribution is 5.65. The van der Waals surface area contributed by atoms with Crippen LogP contribution in [0.5, 0.6) is 0 Å². The Labute approximate surface area is 92.6 Å². The van der Waals surface area contributed by atoms with E-state index in [9.17, 15) is 4.39 Å². The van der Waals surface area contributed by atoms with E-state index in [0.717, 1.165) is 5.56 Å². The Bertz CT molecular complexity index is 578. The number of nitriles is 1. The quantitative estimate of drug-likeness (QED) is 0.795. The molecule has 0 fully saturated rings. The van der Waals surface area contributed by atoms with Crippen molar-refractivity contribution in [1.29, 1.82) is 5.26 Å². The van der Waals surface area contributed by atoms with Gasteiger partial charge in [0.15, 0.2) is 5.69 Å². The molecule has 2 aromatic rings. The van der Waals surface area contributed by atoms with E-state index in [-0.39, 0.29) is 5.82 Å². The van der Waals surface area contributed by atoms with Gasteiger partial charge < -0.3 is 4.98 Å². The standard InChI is InChI=1S/C12H10FN3/c1-7-5-9(3-4-10(7)13)12-11(6-14)15-8(2)16-12/h3-5H,1-2H3,(H,15,16). The molecule has 0 aliphatic carbocycles. The van der Waals surface area contributed by atoms with Crippen LogP contribution in [0.15, 0.2) is 18.2 Å². The van der Waals surface area contributed by atoms with Gasteiger partial charge in [-0.15, -0.1) is 0 Å². The van der Waals surface area contributed by atoms with Gasteiger partial charge in [0, 0.05) is 5.56 Å². The predicted molar refractivity (Wildman–Crippen MR) is 58.2 cm³/mol. The summed E-state index contributed by atoms with van der Waals surface area (Å²) < 4.78 is 13.1. The molecule has 0 aliphatic heterocycles. The molecule has 80 valence electrons. The van der Waals surface area contributed by atoms with Crippen molar-refractivity contribution in [3.8, 4) is 17.3 Å². The van der Waals surface area contributed by atoms with Crippen LogP contribution in [-0.2, 0) is 0 Å². The minimum atomic E-state index is -0.251. The third kappa shape index (κ3) is 1.68. The molecule has 1 aromatic heterocycles. The first-order valence-electron chi connectivity index (χ1n) is 4.85. The zero-order chi connectivity index (χ0) is 11.7. The van der Waals surface area contributed by atoms with Gasteiger partial charge in [0.2, 0.25) is 0 Å². The lowest BCUT2D eigenvalue weighted by Gasteiger charge is -2.01. The van der Waals surface area contributed by atoms with Crippen LogP contribution in [0.3, 0.4) is 0 Å². The summed E-state index contributed by atoms with van der Waals surface area (Å²) in [5.41, 5.74) is 2.30. The molecular formula is C12H10FN3. The molecular weight excluding hydrogens is 205 g/mol. The van der Waals surface area contributed by atoms with Crippen LogP contribution in [0, 0.1) is 31.0 Å². The van der Waals surface area contributed by atoms with Crippen LogP contribution in [0.25, 0.3) is 11.3 Å². The minimum Gasteiger partial charge on any atom is -0.341 e. The van der Waals surface area contributed by atoms with Gasteiger partial charge in [-0.2, -0.15) is 5.26 Å². The highest BCUT2D eigenvalue weighted by Crippen LogP contribution is 2.23. The minimum absolute atomic E-state index is 0.251. The fraction of sp³-hybridized carbons (Fsp3) is 0.167. The first-order chi connectivity index (χ1) is 7.61. The van der Waals surface area contributed by atoms with E-state index in [4.69, 9.17) is 5.26 Å². The van der Waals surface area contributed by atoms with Crippen LogP contribution >= 0.6 is 0 Å². The molecule has 2 rings (SSSR count). The zero-order valence-electron chi connectivity index (χ0n) is 9.00. The second-order valence-electron chi connectivity index (χ2n) is 3.62. The van der Waals surface area contributed by atoms with E-state index < -0.39 is 0 Å². The molecule has 0 bridgehead atoms. The summed E-state index contributed by atoms with van der Waals surface area (Å²) in [5, 5.41) is 8.91. The van der Waals surface area contributed by atoms with Gasteiger partial charge in [0.05, 0.1) is 5.69 Å². The number of hydrogen-bond acceptors (Lipinski definition) is 2. The molecule has 1 N–H and O–H groups in total. The van der Waals surface area contributed by atoms with Gasteiger partial charge in [-0.05, 0) is 37.6 Å². The van der Waals surface area contributed by atoms with Crippen LogP contribution in [-0.4, -0.2) is 9.97 Å². The van der Waals surface area contributed by atoms with Gasteiger partial charge in [0.1, 0.15) is 17.7 Å². The number of benzene rings is 1. The van der Waals surface area contributed by atoms with E-state index >= 15 is 0 Å². The average molecular weight is 215 g/mol. The van der Waals surface area contributed by atoms with E-state index in [1.165, 1.54) is 6.07 Å². The largest absolute Gasteiger partial charge is 0.341 e. The number of aromatic amines is 1. The number of aromatic nitrogens is 2. The van der Waals surface area contributed by atoms with Crippen molar-refractivity contribution in [2.24, 2.45) is 0 Å². The molecule has 16 heavy (non-hydrogen) atoms. The zero-order valence-corrected chi connectivity index (χ0v) is 9.00. The monoisotopic (exact) mass is 215 g/mol. The fourth-order valence-electron chi connectivity index (χ4n) is 1.58. The van der Waals surface area contributed by atoms with E-state index in [0.29, 0.717) is 22.8 Å². The Morgan fingerprint density at radius 3 is 2.75 bits per heavy atom. The van der Waals surface area contributed by atoms with E-state index in [1.54, 1.807) is 26.0 Å². The maximum atomic E-state index is 13.1. The average Bonchev–Trinajstić information content (AvgIpc) is 2.63. The summed E-state index contributed by atoms with van der Waals surface area (Å²) >= 11 is 0. The number of hydrogen-bond donors (Lipinski definition) is 1. The lowest BCUT2D eigenvalue weighted by molar-refractivity contribution is 0.619. The number of H-pyrrole nitrogens is 1. The van der Waals surface area contributed by atoms with Crippen LogP contribution in [0.2, 0.25) is 0 Å². The second-order valence-corrected chi connectivity index (χ2v) is 3.62. The van der Waals surface area contributed by atoms with Crippen molar-refractivity contribution in [1.82, 2.24) is 9.97 Å². The number of rotatable bonds is 1. The van der Waals surface area contributed by atoms with Crippen molar-refractivity contribution in [2.75, 3.05) is 0 Å². The topological polar surface area (TPSA) is 52.5 Å². The maximum Gasteiger partial charge on any atom is 0.166 e. The van der Waals surface area contributed by atoms with Crippen molar-refractivity contribution < 1.29 is 4.39 Å².